The summed E-state index contributed by atoms with van der Waals surface area (Å²) in [5, 5.41) is 30.5. The molecule has 0 aromatic heterocycles. The molecule has 0 bridgehead atoms. The van der Waals surface area contributed by atoms with Crippen LogP contribution in [0.15, 0.2) is 166 Å². The topological polar surface area (TPSA) is 266 Å². The number of aliphatic imine (C=N–C) groups is 4. The first-order valence-corrected chi connectivity index (χ1v) is 26.1. The molecular formula is C61H68N6O13. The number of unbranched alkanes of at least 4 members (excludes halogenated alkanes) is 4. The summed E-state index contributed by atoms with van der Waals surface area (Å²) in [5.74, 6) is 0. The van der Waals surface area contributed by atoms with Crippen LogP contribution in [0.1, 0.15) is 84.7 Å². The van der Waals surface area contributed by atoms with Crippen molar-refractivity contribution in [3.8, 4) is 0 Å². The molecule has 6 rings (SSSR count). The molecule has 2 amide bonds. The zero-order valence-electron chi connectivity index (χ0n) is 44.6. The zero-order chi connectivity index (χ0) is 57.1. The summed E-state index contributed by atoms with van der Waals surface area (Å²) in [6.45, 7) is 3.64. The molecule has 420 valence electrons. The van der Waals surface area contributed by atoms with E-state index in [2.05, 4.69) is 35.5 Å². The zero-order valence-corrected chi connectivity index (χ0v) is 44.6. The van der Waals surface area contributed by atoms with Crippen molar-refractivity contribution < 1.29 is 63.3 Å². The first-order chi connectivity index (χ1) is 39.2. The van der Waals surface area contributed by atoms with E-state index in [0.29, 0.717) is 73.0 Å². The number of nitrogens with one attached hydrogen (secondary N) is 2. The van der Waals surface area contributed by atoms with Crippen molar-refractivity contribution in [3.05, 3.63) is 179 Å². The van der Waals surface area contributed by atoms with Crippen LogP contribution in [0.25, 0.3) is 0 Å². The van der Waals surface area contributed by atoms with Gasteiger partial charge in [-0.1, -0.05) is 72.8 Å². The second-order valence-corrected chi connectivity index (χ2v) is 17.6. The molecule has 0 saturated heterocycles. The first-order valence-electron chi connectivity index (χ1n) is 26.1. The maximum atomic E-state index is 12.1. The first kappa shape index (κ1) is 63.8. The standard InChI is InChI=1S/C38H38N4O7.C15H12N2O3.C8H18O3/c43-27-39-33-13-5-29(6-14-33)25-31-9-17-35(18-10-31)41-37(45)48-23-3-1-21-47-22-2-4-24-49-38(46)42-36-19-11-32(12-20-36)26-30-7-15-34(16-8-30)40-28-44;18-10-16-14-5-1-12(2-6-14)9-13-3-7-15(8-4-13)17-11-20-19;9-5-1-3-7-11-8-4-2-6-10/h5-20H,1-4,21-26H2,(H,41,45)(H,42,46);1-8,11,19H,9H2;9-10H,1-8H2. The Morgan fingerprint density at radius 2 is 0.675 bits per heavy atom. The average Bonchev–Trinajstić information content (AvgIpc) is 3.47. The third kappa shape index (κ3) is 28.6. The van der Waals surface area contributed by atoms with E-state index >= 15 is 0 Å². The van der Waals surface area contributed by atoms with Gasteiger partial charge in [0, 0.05) is 51.0 Å². The summed E-state index contributed by atoms with van der Waals surface area (Å²) >= 11 is 0. The van der Waals surface area contributed by atoms with Gasteiger partial charge in [-0.25, -0.2) is 34.2 Å². The minimum Gasteiger partial charge on any atom is -0.449 e. The second kappa shape index (κ2) is 40.5. The quantitative estimate of drug-likeness (QED) is 0.00678. The molecule has 5 N–H and O–H groups in total. The number of nitrogens with zero attached hydrogens (tertiary/aromatic N) is 4. The Hall–Kier alpha value is -8.73. The van der Waals surface area contributed by atoms with Crippen LogP contribution in [-0.4, -0.2) is 105 Å². The van der Waals surface area contributed by atoms with Gasteiger partial charge in [-0.3, -0.25) is 10.6 Å². The maximum absolute atomic E-state index is 12.1. The van der Waals surface area contributed by atoms with E-state index in [1.807, 2.05) is 109 Å². The number of carbonyl (C=O) groups excluding carboxylic acids is 5. The summed E-state index contributed by atoms with van der Waals surface area (Å²) < 4.78 is 21.4. The van der Waals surface area contributed by atoms with Gasteiger partial charge in [0.25, 0.3) is 0 Å². The Balaban J connectivity index is 0.000000361. The van der Waals surface area contributed by atoms with Gasteiger partial charge in [0.2, 0.25) is 24.6 Å². The van der Waals surface area contributed by atoms with Crippen molar-refractivity contribution in [2.75, 3.05) is 63.5 Å². The van der Waals surface area contributed by atoms with Gasteiger partial charge < -0.3 is 34.0 Å². The molecule has 0 unspecified atom stereocenters. The van der Waals surface area contributed by atoms with Crippen LogP contribution >= 0.6 is 0 Å². The van der Waals surface area contributed by atoms with Crippen LogP contribution in [0.3, 0.4) is 0 Å². The molecule has 0 heterocycles. The molecule has 0 aliphatic heterocycles. The van der Waals surface area contributed by atoms with Gasteiger partial charge in [0.15, 0.2) is 0 Å². The number of amides is 2. The second-order valence-electron chi connectivity index (χ2n) is 17.6. The van der Waals surface area contributed by atoms with Crippen molar-refractivity contribution in [1.82, 2.24) is 0 Å². The van der Waals surface area contributed by atoms with E-state index < -0.39 is 12.2 Å². The predicted octanol–water partition coefficient (Wildman–Crippen LogP) is 12.1. The average molecular weight is 1090 g/mol. The van der Waals surface area contributed by atoms with Crippen molar-refractivity contribution in [2.45, 2.75) is 70.6 Å². The fourth-order valence-electron chi connectivity index (χ4n) is 7.21. The van der Waals surface area contributed by atoms with E-state index in [1.54, 1.807) is 36.4 Å². The molecule has 19 heteroatoms. The molecular weight excluding hydrogens is 1020 g/mol. The van der Waals surface area contributed by atoms with Gasteiger partial charge in [-0.15, -0.1) is 0 Å². The lowest BCUT2D eigenvalue weighted by Gasteiger charge is -2.09. The number of isocyanates is 3. The molecule has 6 aromatic rings. The Morgan fingerprint density at radius 1 is 0.400 bits per heavy atom. The monoisotopic (exact) mass is 1090 g/mol. The third-order valence-electron chi connectivity index (χ3n) is 11.4. The number of rotatable bonds is 31. The molecule has 19 nitrogen and oxygen atoms in total. The highest BCUT2D eigenvalue weighted by Crippen LogP contribution is 2.21. The smallest absolute Gasteiger partial charge is 0.411 e. The van der Waals surface area contributed by atoms with Crippen LogP contribution in [0.4, 0.5) is 43.7 Å². The van der Waals surface area contributed by atoms with Crippen molar-refractivity contribution >= 4 is 71.0 Å². The Morgan fingerprint density at radius 3 is 0.963 bits per heavy atom. The molecule has 0 radical (unpaired) electrons. The lowest BCUT2D eigenvalue weighted by atomic mass is 10.0. The van der Waals surface area contributed by atoms with Crippen LogP contribution in [-0.2, 0) is 57.5 Å². The van der Waals surface area contributed by atoms with Gasteiger partial charge in [-0.2, -0.15) is 15.0 Å². The molecule has 0 fully saturated rings. The number of carbonyl (C=O) groups is 2. The minimum absolute atomic E-state index is 0.250. The van der Waals surface area contributed by atoms with E-state index in [1.165, 1.54) is 18.2 Å². The van der Waals surface area contributed by atoms with Crippen LogP contribution < -0.4 is 10.6 Å². The lowest BCUT2D eigenvalue weighted by molar-refractivity contribution is -0.147. The van der Waals surface area contributed by atoms with Gasteiger partial charge >= 0.3 is 12.2 Å². The molecule has 0 saturated carbocycles. The SMILES string of the molecule is O=C=Nc1ccc(Cc2ccc(N=COO)cc2)cc1.O=C=Nc1ccc(Cc2ccc(NC(=O)OCCCCOCCCCOC(=O)Nc3ccc(Cc4ccc(N=C=O)cc4)cc3)cc2)cc1.OCCCCOCCCCO. The maximum Gasteiger partial charge on any atom is 0.411 e. The fraction of sp³-hybridized carbons (Fsp3) is 0.311. The van der Waals surface area contributed by atoms with Gasteiger partial charge in [0.05, 0.1) is 36.0 Å². The summed E-state index contributed by atoms with van der Waals surface area (Å²) in [4.78, 5) is 73.4. The molecule has 0 spiro atoms. The molecule has 0 aliphatic carbocycles. The van der Waals surface area contributed by atoms with E-state index in [4.69, 9.17) is 34.4 Å². The highest BCUT2D eigenvalue weighted by Gasteiger charge is 2.07. The molecule has 80 heavy (non-hydrogen) atoms. The predicted molar refractivity (Wildman–Crippen MR) is 305 cm³/mol. The number of benzene rings is 6. The Kier molecular flexibility index (Phi) is 32.3. The highest BCUT2D eigenvalue weighted by atomic mass is 17.1. The molecule has 6 aromatic carbocycles. The Bertz CT molecular complexity index is 2710. The number of hydrogen-bond donors (Lipinski definition) is 5. The van der Waals surface area contributed by atoms with E-state index in [0.717, 1.165) is 97.9 Å². The molecule has 0 aliphatic rings. The summed E-state index contributed by atoms with van der Waals surface area (Å²) in [7, 11) is 0. The van der Waals surface area contributed by atoms with Crippen molar-refractivity contribution in [2.24, 2.45) is 20.0 Å². The molecule has 0 atom stereocenters. The van der Waals surface area contributed by atoms with Crippen molar-refractivity contribution in [1.29, 1.82) is 0 Å². The number of anilines is 2. The number of hydrogen-bond acceptors (Lipinski definition) is 17. The number of aliphatic hydroxyl groups is 2. The largest absolute Gasteiger partial charge is 0.449 e. The fourth-order valence-corrected chi connectivity index (χ4v) is 7.21. The Labute approximate surface area is 465 Å². The summed E-state index contributed by atoms with van der Waals surface area (Å²) in [5.41, 5.74) is 10.3. The van der Waals surface area contributed by atoms with Crippen LogP contribution in [0.5, 0.6) is 0 Å². The lowest BCUT2D eigenvalue weighted by Crippen LogP contribution is -2.15. The number of ether oxygens (including phenoxy) is 4. The summed E-state index contributed by atoms with van der Waals surface area (Å²) in [6.07, 6.45) is 13.1. The third-order valence-corrected chi connectivity index (χ3v) is 11.4. The van der Waals surface area contributed by atoms with E-state index in [9.17, 15) is 24.0 Å². The van der Waals surface area contributed by atoms with Crippen molar-refractivity contribution in [3.63, 3.8) is 0 Å². The summed E-state index contributed by atoms with van der Waals surface area (Å²) in [6, 6.07) is 44.7. The number of aliphatic hydroxyl groups excluding tert-OH is 2. The van der Waals surface area contributed by atoms with Gasteiger partial charge in [0.1, 0.15) is 0 Å². The minimum atomic E-state index is -0.507. The van der Waals surface area contributed by atoms with Gasteiger partial charge in [-0.05, 0) is 177 Å². The highest BCUT2D eigenvalue weighted by molar-refractivity contribution is 5.85. The van der Waals surface area contributed by atoms with E-state index in [-0.39, 0.29) is 26.4 Å². The van der Waals surface area contributed by atoms with Crippen LogP contribution in [0.2, 0.25) is 0 Å². The van der Waals surface area contributed by atoms with Crippen LogP contribution in [0, 0.1) is 0 Å². The normalized spacial score (nSPS) is 10.3.